The van der Waals surface area contributed by atoms with E-state index < -0.39 is 16.4 Å². The van der Waals surface area contributed by atoms with E-state index >= 15 is 0 Å². The lowest BCUT2D eigenvalue weighted by molar-refractivity contribution is -0.387. The molecule has 0 radical (unpaired) electrons. The van der Waals surface area contributed by atoms with Gasteiger partial charge in [-0.15, -0.1) is 0 Å². The minimum Gasteiger partial charge on any atom is -0.324 e. The number of halogens is 1. The molecule has 0 N–H and O–H groups in total. The smallest absolute Gasteiger partial charge is 0.305 e. The van der Waals surface area contributed by atoms with Gasteiger partial charge in [0.15, 0.2) is 12.1 Å². The van der Waals surface area contributed by atoms with Crippen molar-refractivity contribution in [3.05, 3.63) is 57.9 Å². The number of nitro benzene ring substituents is 1. The summed E-state index contributed by atoms with van der Waals surface area (Å²) in [6, 6.07) is 3.92. The van der Waals surface area contributed by atoms with Crippen LogP contribution in [0.15, 0.2) is 30.6 Å². The van der Waals surface area contributed by atoms with E-state index in [9.17, 15) is 19.3 Å². The molecule has 0 fully saturated rings. The van der Waals surface area contributed by atoms with E-state index in [4.69, 9.17) is 0 Å². The summed E-state index contributed by atoms with van der Waals surface area (Å²) in [5.41, 5.74) is -0.453. The van der Waals surface area contributed by atoms with Crippen molar-refractivity contribution < 1.29 is 14.1 Å². The van der Waals surface area contributed by atoms with Crippen molar-refractivity contribution in [3.63, 3.8) is 0 Å². The molecule has 1 aromatic heterocycles. The highest BCUT2D eigenvalue weighted by Crippen LogP contribution is 2.21. The van der Waals surface area contributed by atoms with Crippen LogP contribution in [-0.2, 0) is 6.54 Å². The maximum absolute atomic E-state index is 13.8. The van der Waals surface area contributed by atoms with Crippen molar-refractivity contribution in [1.29, 1.82) is 0 Å². The third-order valence-corrected chi connectivity index (χ3v) is 2.45. The Bertz CT molecular complexity index is 609. The number of nitro groups is 1. The van der Waals surface area contributed by atoms with Crippen LogP contribution in [-0.4, -0.2) is 20.8 Å². The minimum atomic E-state index is -0.895. The summed E-state index contributed by atoms with van der Waals surface area (Å²) in [7, 11) is 0. The zero-order chi connectivity index (χ0) is 13.1. The maximum atomic E-state index is 13.8. The number of imidazole rings is 1. The SMILES string of the molecule is O=Cc1nccn1Cc1cccc([N+](=O)[O-])c1F. The lowest BCUT2D eigenvalue weighted by atomic mass is 10.2. The molecule has 0 saturated carbocycles. The van der Waals surface area contributed by atoms with Crippen molar-refractivity contribution >= 4 is 12.0 Å². The van der Waals surface area contributed by atoms with E-state index in [-0.39, 0.29) is 17.9 Å². The number of benzene rings is 1. The lowest BCUT2D eigenvalue weighted by Gasteiger charge is -2.05. The predicted molar refractivity (Wildman–Crippen MR) is 59.8 cm³/mol. The van der Waals surface area contributed by atoms with E-state index in [1.807, 2.05) is 0 Å². The molecule has 0 atom stereocenters. The number of aldehydes is 1. The maximum Gasteiger partial charge on any atom is 0.305 e. The molecule has 7 heteroatoms. The zero-order valence-corrected chi connectivity index (χ0v) is 9.12. The number of carbonyl (C=O) groups excluding carboxylic acids is 1. The molecule has 0 spiro atoms. The van der Waals surface area contributed by atoms with Gasteiger partial charge in [-0.25, -0.2) is 4.98 Å². The van der Waals surface area contributed by atoms with Crippen LogP contribution in [0.4, 0.5) is 10.1 Å². The number of hydrogen-bond acceptors (Lipinski definition) is 4. The molecule has 92 valence electrons. The summed E-state index contributed by atoms with van der Waals surface area (Å²) in [5, 5.41) is 10.6. The summed E-state index contributed by atoms with van der Waals surface area (Å²) in [6.07, 6.45) is 3.44. The van der Waals surface area contributed by atoms with Gasteiger partial charge >= 0.3 is 5.69 Å². The third-order valence-electron chi connectivity index (χ3n) is 2.45. The number of nitrogens with zero attached hydrogens (tertiary/aromatic N) is 3. The first-order valence-electron chi connectivity index (χ1n) is 5.01. The molecule has 0 bridgehead atoms. The average molecular weight is 249 g/mol. The van der Waals surface area contributed by atoms with Crippen molar-refractivity contribution in [3.8, 4) is 0 Å². The number of hydrogen-bond donors (Lipinski definition) is 0. The van der Waals surface area contributed by atoms with Crippen LogP contribution < -0.4 is 0 Å². The Morgan fingerprint density at radius 1 is 1.50 bits per heavy atom. The fourth-order valence-electron chi connectivity index (χ4n) is 1.59. The van der Waals surface area contributed by atoms with E-state index in [1.165, 1.54) is 29.1 Å². The van der Waals surface area contributed by atoms with Gasteiger partial charge in [-0.1, -0.05) is 12.1 Å². The van der Waals surface area contributed by atoms with Gasteiger partial charge in [0.05, 0.1) is 11.5 Å². The van der Waals surface area contributed by atoms with Crippen molar-refractivity contribution in [2.24, 2.45) is 0 Å². The van der Waals surface area contributed by atoms with Gasteiger partial charge in [-0.2, -0.15) is 4.39 Å². The number of aromatic nitrogens is 2. The predicted octanol–water partition coefficient (Wildman–Crippen LogP) is 1.79. The molecular formula is C11H8FN3O3. The van der Waals surface area contributed by atoms with E-state index in [0.29, 0.717) is 6.29 Å². The fraction of sp³-hybridized carbons (Fsp3) is 0.0909. The minimum absolute atomic E-state index is 0.0155. The fourth-order valence-corrected chi connectivity index (χ4v) is 1.59. The molecule has 0 aliphatic heterocycles. The summed E-state index contributed by atoms with van der Waals surface area (Å²) in [6.45, 7) is 0.0155. The Morgan fingerprint density at radius 2 is 2.28 bits per heavy atom. The molecule has 0 amide bonds. The van der Waals surface area contributed by atoms with Crippen LogP contribution in [0.3, 0.4) is 0 Å². The van der Waals surface area contributed by atoms with E-state index in [2.05, 4.69) is 4.98 Å². The van der Waals surface area contributed by atoms with Gasteiger partial charge in [0.25, 0.3) is 0 Å². The number of carbonyl (C=O) groups is 1. The van der Waals surface area contributed by atoms with Crippen LogP contribution >= 0.6 is 0 Å². The standard InChI is InChI=1S/C11H8FN3O3/c12-11-8(2-1-3-9(11)15(17)18)6-14-5-4-13-10(14)7-16/h1-5,7H,6H2. The largest absolute Gasteiger partial charge is 0.324 e. The summed E-state index contributed by atoms with van der Waals surface area (Å²) in [5.74, 6) is -0.756. The van der Waals surface area contributed by atoms with Crippen molar-refractivity contribution in [2.45, 2.75) is 6.54 Å². The molecule has 0 aliphatic rings. The highest BCUT2D eigenvalue weighted by Gasteiger charge is 2.17. The molecule has 1 aromatic carbocycles. The zero-order valence-electron chi connectivity index (χ0n) is 9.12. The quantitative estimate of drug-likeness (QED) is 0.470. The molecule has 2 aromatic rings. The molecular weight excluding hydrogens is 241 g/mol. The monoisotopic (exact) mass is 249 g/mol. The topological polar surface area (TPSA) is 78.0 Å². The first-order valence-corrected chi connectivity index (χ1v) is 5.01. The Balaban J connectivity index is 2.38. The van der Waals surface area contributed by atoms with Crippen LogP contribution in [0.25, 0.3) is 0 Å². The van der Waals surface area contributed by atoms with Crippen molar-refractivity contribution in [2.75, 3.05) is 0 Å². The van der Waals surface area contributed by atoms with Gasteiger partial charge in [0.1, 0.15) is 0 Å². The van der Waals surface area contributed by atoms with Gasteiger partial charge in [0, 0.05) is 24.0 Å². The first kappa shape index (κ1) is 11.9. The van der Waals surface area contributed by atoms with Crippen LogP contribution in [0.5, 0.6) is 0 Å². The lowest BCUT2D eigenvalue weighted by Crippen LogP contribution is -2.06. The van der Waals surface area contributed by atoms with E-state index in [1.54, 1.807) is 0 Å². The molecule has 6 nitrogen and oxygen atoms in total. The molecule has 0 saturated heterocycles. The molecule has 18 heavy (non-hydrogen) atoms. The van der Waals surface area contributed by atoms with Crippen molar-refractivity contribution in [1.82, 2.24) is 9.55 Å². The molecule has 2 rings (SSSR count). The van der Waals surface area contributed by atoms with Crippen LogP contribution in [0.2, 0.25) is 0 Å². The average Bonchev–Trinajstić information content (AvgIpc) is 2.78. The third kappa shape index (κ3) is 2.10. The summed E-state index contributed by atoms with van der Waals surface area (Å²) < 4.78 is 15.2. The second-order valence-corrected chi connectivity index (χ2v) is 3.54. The Hall–Kier alpha value is -2.57. The van der Waals surface area contributed by atoms with Crippen LogP contribution in [0.1, 0.15) is 16.2 Å². The highest BCUT2D eigenvalue weighted by molar-refractivity contribution is 5.69. The second kappa shape index (κ2) is 4.74. The summed E-state index contributed by atoms with van der Waals surface area (Å²) >= 11 is 0. The number of rotatable bonds is 4. The Kier molecular flexibility index (Phi) is 3.13. The first-order chi connectivity index (χ1) is 8.63. The molecule has 0 unspecified atom stereocenters. The Morgan fingerprint density at radius 3 is 2.94 bits per heavy atom. The van der Waals surface area contributed by atoms with Gasteiger partial charge in [0.2, 0.25) is 5.82 Å². The molecule has 0 aliphatic carbocycles. The highest BCUT2D eigenvalue weighted by atomic mass is 19.1. The second-order valence-electron chi connectivity index (χ2n) is 3.54. The van der Waals surface area contributed by atoms with E-state index in [0.717, 1.165) is 6.07 Å². The molecule has 1 heterocycles. The van der Waals surface area contributed by atoms with Gasteiger partial charge in [-0.05, 0) is 0 Å². The van der Waals surface area contributed by atoms with Gasteiger partial charge in [-0.3, -0.25) is 14.9 Å². The normalized spacial score (nSPS) is 10.3. The van der Waals surface area contributed by atoms with Gasteiger partial charge < -0.3 is 4.57 Å². The summed E-state index contributed by atoms with van der Waals surface area (Å²) in [4.78, 5) is 24.2. The van der Waals surface area contributed by atoms with Crippen LogP contribution in [0, 0.1) is 15.9 Å². The Labute approximate surface area is 101 Å².